The number of anilines is 1. The van der Waals surface area contributed by atoms with Crippen molar-refractivity contribution >= 4 is 11.4 Å². The molecular weight excluding hydrogens is 246 g/mol. The van der Waals surface area contributed by atoms with Gasteiger partial charge in [-0.05, 0) is 33.2 Å². The first-order valence-electron chi connectivity index (χ1n) is 6.43. The largest absolute Gasteiger partial charge is 0.491 e. The number of nitro benzene ring substituents is 1. The average Bonchev–Trinajstić information content (AvgIpc) is 2.33. The molecule has 0 saturated carbocycles. The van der Waals surface area contributed by atoms with Gasteiger partial charge < -0.3 is 15.8 Å². The van der Waals surface area contributed by atoms with Crippen LogP contribution in [0.5, 0.6) is 5.75 Å². The van der Waals surface area contributed by atoms with Crippen LogP contribution in [-0.2, 0) is 0 Å². The molecule has 0 aliphatic heterocycles. The summed E-state index contributed by atoms with van der Waals surface area (Å²) in [6, 6.07) is 4.72. The standard InChI is InChI=1S/C13H21N3O3/c1-10(2)19-13-8-11(15-6-4-3-5-14)7-12(9-13)16(17)18/h7-10,15H,3-6,14H2,1-2H3. The van der Waals surface area contributed by atoms with E-state index in [4.69, 9.17) is 10.5 Å². The Hall–Kier alpha value is -1.82. The highest BCUT2D eigenvalue weighted by atomic mass is 16.6. The number of unbranched alkanes of at least 4 members (excludes halogenated alkanes) is 1. The van der Waals surface area contributed by atoms with E-state index >= 15 is 0 Å². The molecule has 1 aromatic rings. The Labute approximate surface area is 113 Å². The van der Waals surface area contributed by atoms with Gasteiger partial charge >= 0.3 is 0 Å². The molecule has 1 aromatic carbocycles. The fourth-order valence-corrected chi connectivity index (χ4v) is 1.63. The van der Waals surface area contributed by atoms with Crippen LogP contribution >= 0.6 is 0 Å². The summed E-state index contributed by atoms with van der Waals surface area (Å²) >= 11 is 0. The number of hydrogen-bond acceptors (Lipinski definition) is 5. The summed E-state index contributed by atoms with van der Waals surface area (Å²) in [5.74, 6) is 0.505. The molecule has 6 heteroatoms. The molecule has 0 bridgehead atoms. The highest BCUT2D eigenvalue weighted by Crippen LogP contribution is 2.26. The van der Waals surface area contributed by atoms with E-state index in [0.717, 1.165) is 19.4 Å². The smallest absolute Gasteiger partial charge is 0.275 e. The first-order chi connectivity index (χ1) is 9.02. The van der Waals surface area contributed by atoms with E-state index in [1.54, 1.807) is 6.07 Å². The number of rotatable bonds is 8. The van der Waals surface area contributed by atoms with Gasteiger partial charge in [0.2, 0.25) is 0 Å². The van der Waals surface area contributed by atoms with E-state index in [9.17, 15) is 10.1 Å². The van der Waals surface area contributed by atoms with Crippen molar-refractivity contribution in [2.24, 2.45) is 5.73 Å². The number of hydrogen-bond donors (Lipinski definition) is 2. The van der Waals surface area contributed by atoms with E-state index in [1.165, 1.54) is 12.1 Å². The van der Waals surface area contributed by atoms with Crippen LogP contribution in [0.25, 0.3) is 0 Å². The van der Waals surface area contributed by atoms with Crippen molar-refractivity contribution in [2.75, 3.05) is 18.4 Å². The molecule has 0 heterocycles. The van der Waals surface area contributed by atoms with Gasteiger partial charge in [-0.15, -0.1) is 0 Å². The van der Waals surface area contributed by atoms with E-state index < -0.39 is 4.92 Å². The Kier molecular flexibility index (Phi) is 6.08. The molecule has 0 fully saturated rings. The second-order valence-electron chi connectivity index (χ2n) is 4.56. The van der Waals surface area contributed by atoms with Gasteiger partial charge in [0.25, 0.3) is 5.69 Å². The minimum absolute atomic E-state index is 0.0212. The predicted octanol–water partition coefficient (Wildman–Crippen LogP) is 2.53. The van der Waals surface area contributed by atoms with Gasteiger partial charge in [-0.2, -0.15) is 0 Å². The quantitative estimate of drug-likeness (QED) is 0.429. The van der Waals surface area contributed by atoms with E-state index in [2.05, 4.69) is 5.32 Å². The zero-order valence-corrected chi connectivity index (χ0v) is 11.4. The van der Waals surface area contributed by atoms with Crippen LogP contribution in [0.1, 0.15) is 26.7 Å². The lowest BCUT2D eigenvalue weighted by atomic mass is 10.2. The summed E-state index contributed by atoms with van der Waals surface area (Å²) in [7, 11) is 0. The Balaban J connectivity index is 2.78. The van der Waals surface area contributed by atoms with Crippen LogP contribution in [0.2, 0.25) is 0 Å². The maximum Gasteiger partial charge on any atom is 0.275 e. The summed E-state index contributed by atoms with van der Waals surface area (Å²) in [6.07, 6.45) is 1.84. The van der Waals surface area contributed by atoms with Gasteiger partial charge in [-0.25, -0.2) is 0 Å². The summed E-state index contributed by atoms with van der Waals surface area (Å²) in [5, 5.41) is 14.0. The van der Waals surface area contributed by atoms with Gasteiger partial charge in [0, 0.05) is 24.4 Å². The molecule has 0 spiro atoms. The highest BCUT2D eigenvalue weighted by Gasteiger charge is 2.11. The normalized spacial score (nSPS) is 10.5. The molecule has 0 unspecified atom stereocenters. The lowest BCUT2D eigenvalue weighted by Crippen LogP contribution is -2.08. The molecule has 0 aromatic heterocycles. The topological polar surface area (TPSA) is 90.4 Å². The number of nitrogens with zero attached hydrogens (tertiary/aromatic N) is 1. The summed E-state index contributed by atoms with van der Waals surface area (Å²) in [5.41, 5.74) is 6.14. The average molecular weight is 267 g/mol. The molecule has 0 aliphatic rings. The molecule has 0 saturated heterocycles. The zero-order chi connectivity index (χ0) is 14.3. The van der Waals surface area contributed by atoms with Gasteiger partial charge in [0.15, 0.2) is 0 Å². The minimum Gasteiger partial charge on any atom is -0.491 e. The fraction of sp³-hybridized carbons (Fsp3) is 0.538. The van der Waals surface area contributed by atoms with E-state index in [0.29, 0.717) is 18.0 Å². The van der Waals surface area contributed by atoms with Crippen molar-refractivity contribution in [3.63, 3.8) is 0 Å². The van der Waals surface area contributed by atoms with Crippen LogP contribution in [0.3, 0.4) is 0 Å². The first kappa shape index (κ1) is 15.2. The Bertz CT molecular complexity index is 422. The summed E-state index contributed by atoms with van der Waals surface area (Å²) < 4.78 is 5.51. The Morgan fingerprint density at radius 2 is 2.11 bits per heavy atom. The fourth-order valence-electron chi connectivity index (χ4n) is 1.63. The van der Waals surface area contributed by atoms with E-state index in [1.807, 2.05) is 13.8 Å². The summed E-state index contributed by atoms with van der Waals surface area (Å²) in [4.78, 5) is 10.5. The molecule has 6 nitrogen and oxygen atoms in total. The third-order valence-corrected chi connectivity index (χ3v) is 2.43. The molecule has 3 N–H and O–H groups in total. The minimum atomic E-state index is -0.418. The lowest BCUT2D eigenvalue weighted by molar-refractivity contribution is -0.384. The lowest BCUT2D eigenvalue weighted by Gasteiger charge is -2.12. The van der Waals surface area contributed by atoms with Crippen LogP contribution in [0, 0.1) is 10.1 Å². The van der Waals surface area contributed by atoms with Crippen LogP contribution in [-0.4, -0.2) is 24.1 Å². The third-order valence-electron chi connectivity index (χ3n) is 2.43. The highest BCUT2D eigenvalue weighted by molar-refractivity contribution is 5.56. The maximum absolute atomic E-state index is 10.9. The van der Waals surface area contributed by atoms with Gasteiger partial charge in [-0.3, -0.25) is 10.1 Å². The number of benzene rings is 1. The van der Waals surface area contributed by atoms with Gasteiger partial charge in [0.1, 0.15) is 5.75 Å². The molecular formula is C13H21N3O3. The van der Waals surface area contributed by atoms with Gasteiger partial charge in [-0.1, -0.05) is 0 Å². The molecule has 0 aliphatic carbocycles. The van der Waals surface area contributed by atoms with Crippen molar-refractivity contribution in [3.05, 3.63) is 28.3 Å². The molecule has 1 rings (SSSR count). The predicted molar refractivity (Wildman–Crippen MR) is 75.6 cm³/mol. The van der Waals surface area contributed by atoms with Crippen LogP contribution in [0.15, 0.2) is 18.2 Å². The molecule has 0 amide bonds. The van der Waals surface area contributed by atoms with Crippen LogP contribution < -0.4 is 15.8 Å². The van der Waals surface area contributed by atoms with Crippen molar-refractivity contribution in [1.82, 2.24) is 0 Å². The maximum atomic E-state index is 10.9. The molecule has 19 heavy (non-hydrogen) atoms. The Morgan fingerprint density at radius 1 is 1.37 bits per heavy atom. The first-order valence-corrected chi connectivity index (χ1v) is 6.43. The van der Waals surface area contributed by atoms with Crippen molar-refractivity contribution in [1.29, 1.82) is 0 Å². The number of ether oxygens (including phenoxy) is 1. The number of nitrogens with two attached hydrogens (primary N) is 1. The number of nitrogens with one attached hydrogen (secondary N) is 1. The Morgan fingerprint density at radius 3 is 2.68 bits per heavy atom. The van der Waals surface area contributed by atoms with Crippen molar-refractivity contribution < 1.29 is 9.66 Å². The summed E-state index contributed by atoms with van der Waals surface area (Å²) in [6.45, 7) is 5.15. The monoisotopic (exact) mass is 267 g/mol. The second-order valence-corrected chi connectivity index (χ2v) is 4.56. The van der Waals surface area contributed by atoms with Crippen molar-refractivity contribution in [2.45, 2.75) is 32.8 Å². The number of nitro groups is 1. The van der Waals surface area contributed by atoms with Gasteiger partial charge in [0.05, 0.1) is 17.1 Å². The third kappa shape index (κ3) is 5.56. The molecule has 0 atom stereocenters. The molecule has 0 radical (unpaired) electrons. The molecule has 106 valence electrons. The second kappa shape index (κ2) is 7.58. The van der Waals surface area contributed by atoms with E-state index in [-0.39, 0.29) is 11.8 Å². The number of non-ortho nitro benzene ring substituents is 1. The van der Waals surface area contributed by atoms with Crippen molar-refractivity contribution in [3.8, 4) is 5.75 Å². The zero-order valence-electron chi connectivity index (χ0n) is 11.4. The SMILES string of the molecule is CC(C)Oc1cc(NCCCCN)cc([N+](=O)[O-])c1. The van der Waals surface area contributed by atoms with Crippen LogP contribution in [0.4, 0.5) is 11.4 Å².